The second kappa shape index (κ2) is 7.20. The summed E-state index contributed by atoms with van der Waals surface area (Å²) in [4.78, 5) is 37.1. The summed E-state index contributed by atoms with van der Waals surface area (Å²) in [5, 5.41) is 5.21. The number of anilines is 1. The number of hydrogen-bond donors (Lipinski definition) is 2. The van der Waals surface area contributed by atoms with Crippen molar-refractivity contribution in [2.24, 2.45) is 5.92 Å². The highest BCUT2D eigenvalue weighted by Gasteiger charge is 2.40. The molecule has 1 aliphatic heterocycles. The highest BCUT2D eigenvalue weighted by Crippen LogP contribution is 2.29. The van der Waals surface area contributed by atoms with Gasteiger partial charge in [0, 0.05) is 6.07 Å². The number of amides is 4. The first-order valence-corrected chi connectivity index (χ1v) is 7.51. The summed E-state index contributed by atoms with van der Waals surface area (Å²) in [5.74, 6) is 0.0630. The molecule has 0 saturated carbocycles. The zero-order chi connectivity index (χ0) is 17.9. The van der Waals surface area contributed by atoms with Crippen LogP contribution in [0, 0.1) is 5.92 Å². The van der Waals surface area contributed by atoms with Crippen LogP contribution in [-0.4, -0.2) is 49.6 Å². The minimum atomic E-state index is -0.596. The lowest BCUT2D eigenvalue weighted by Crippen LogP contribution is -2.39. The summed E-state index contributed by atoms with van der Waals surface area (Å²) in [6, 6.07) is 3.76. The van der Waals surface area contributed by atoms with Crippen LogP contribution in [0.15, 0.2) is 18.2 Å². The van der Waals surface area contributed by atoms with E-state index in [4.69, 9.17) is 9.47 Å². The number of nitrogens with zero attached hydrogens (tertiary/aromatic N) is 1. The fourth-order valence-electron chi connectivity index (χ4n) is 2.38. The Kier molecular flexibility index (Phi) is 5.28. The van der Waals surface area contributed by atoms with E-state index >= 15 is 0 Å². The minimum Gasteiger partial charge on any atom is -0.497 e. The quantitative estimate of drug-likeness (QED) is 0.762. The van der Waals surface area contributed by atoms with Crippen LogP contribution in [0.25, 0.3) is 0 Å². The predicted molar refractivity (Wildman–Crippen MR) is 87.0 cm³/mol. The Bertz CT molecular complexity index is 659. The number of carbonyl (C=O) groups is 3. The number of imide groups is 1. The van der Waals surface area contributed by atoms with Gasteiger partial charge in [-0.3, -0.25) is 14.5 Å². The van der Waals surface area contributed by atoms with Crippen molar-refractivity contribution < 1.29 is 23.9 Å². The Balaban J connectivity index is 2.06. The lowest BCUT2D eigenvalue weighted by atomic mass is 10.1. The van der Waals surface area contributed by atoms with Gasteiger partial charge in [-0.2, -0.15) is 0 Å². The van der Waals surface area contributed by atoms with Crippen LogP contribution in [0.4, 0.5) is 10.5 Å². The number of urea groups is 1. The van der Waals surface area contributed by atoms with Gasteiger partial charge in [-0.25, -0.2) is 4.79 Å². The first-order chi connectivity index (χ1) is 11.4. The summed E-state index contributed by atoms with van der Waals surface area (Å²) >= 11 is 0. The standard InChI is InChI=1S/C16H21N3O5/c1-9(2)14-15(21)19(16(22)18-14)8-13(20)17-11-6-5-10(23-3)7-12(11)24-4/h5-7,9,14H,8H2,1-4H3,(H,17,20)(H,18,22). The Hall–Kier alpha value is -2.77. The Morgan fingerprint density at radius 2 is 2.00 bits per heavy atom. The van der Waals surface area contributed by atoms with Crippen molar-refractivity contribution in [3.63, 3.8) is 0 Å². The lowest BCUT2D eigenvalue weighted by Gasteiger charge is -2.15. The third-order valence-electron chi connectivity index (χ3n) is 3.71. The van der Waals surface area contributed by atoms with E-state index in [0.717, 1.165) is 4.90 Å². The van der Waals surface area contributed by atoms with E-state index in [1.165, 1.54) is 14.2 Å². The van der Waals surface area contributed by atoms with Crippen molar-refractivity contribution in [1.82, 2.24) is 10.2 Å². The normalized spacial score (nSPS) is 17.0. The van der Waals surface area contributed by atoms with Gasteiger partial charge in [-0.15, -0.1) is 0 Å². The summed E-state index contributed by atoms with van der Waals surface area (Å²) in [7, 11) is 2.99. The molecule has 2 rings (SSSR count). The van der Waals surface area contributed by atoms with Crippen molar-refractivity contribution in [2.75, 3.05) is 26.1 Å². The maximum atomic E-state index is 12.2. The molecule has 1 atom stereocenters. The molecule has 1 saturated heterocycles. The molecule has 2 N–H and O–H groups in total. The van der Waals surface area contributed by atoms with E-state index < -0.39 is 23.9 Å². The van der Waals surface area contributed by atoms with Crippen LogP contribution in [-0.2, 0) is 9.59 Å². The lowest BCUT2D eigenvalue weighted by molar-refractivity contribution is -0.131. The minimum absolute atomic E-state index is 0.0452. The molecule has 1 aromatic carbocycles. The fourth-order valence-corrected chi connectivity index (χ4v) is 2.38. The van der Waals surface area contributed by atoms with E-state index in [1.807, 2.05) is 13.8 Å². The van der Waals surface area contributed by atoms with Crippen molar-refractivity contribution in [3.05, 3.63) is 18.2 Å². The van der Waals surface area contributed by atoms with E-state index in [-0.39, 0.29) is 12.5 Å². The number of ether oxygens (including phenoxy) is 2. The molecular weight excluding hydrogens is 314 g/mol. The van der Waals surface area contributed by atoms with E-state index in [1.54, 1.807) is 18.2 Å². The van der Waals surface area contributed by atoms with Gasteiger partial charge in [0.15, 0.2) is 0 Å². The zero-order valence-electron chi connectivity index (χ0n) is 14.1. The smallest absolute Gasteiger partial charge is 0.325 e. The molecule has 130 valence electrons. The Morgan fingerprint density at radius 3 is 2.54 bits per heavy atom. The van der Waals surface area contributed by atoms with Crippen LogP contribution in [0.2, 0.25) is 0 Å². The summed E-state index contributed by atoms with van der Waals surface area (Å²) in [6.07, 6.45) is 0. The topological polar surface area (TPSA) is 97.0 Å². The number of benzene rings is 1. The molecule has 1 aromatic rings. The molecule has 4 amide bonds. The van der Waals surface area contributed by atoms with Crippen molar-refractivity contribution in [3.8, 4) is 11.5 Å². The van der Waals surface area contributed by atoms with Gasteiger partial charge in [-0.05, 0) is 18.1 Å². The predicted octanol–water partition coefficient (Wildman–Crippen LogP) is 1.22. The van der Waals surface area contributed by atoms with E-state index in [9.17, 15) is 14.4 Å². The fraction of sp³-hybridized carbons (Fsp3) is 0.438. The average Bonchev–Trinajstić information content (AvgIpc) is 2.83. The van der Waals surface area contributed by atoms with Crippen molar-refractivity contribution in [2.45, 2.75) is 19.9 Å². The van der Waals surface area contributed by atoms with Crippen LogP contribution >= 0.6 is 0 Å². The number of hydrogen-bond acceptors (Lipinski definition) is 5. The van der Waals surface area contributed by atoms with Crippen molar-refractivity contribution in [1.29, 1.82) is 0 Å². The molecule has 0 radical (unpaired) electrons. The number of rotatable bonds is 6. The van der Waals surface area contributed by atoms with Gasteiger partial charge >= 0.3 is 6.03 Å². The van der Waals surface area contributed by atoms with E-state index in [0.29, 0.717) is 17.2 Å². The first kappa shape index (κ1) is 17.6. The van der Waals surface area contributed by atoms with Crippen LogP contribution in [0.3, 0.4) is 0 Å². The van der Waals surface area contributed by atoms with Crippen LogP contribution in [0.1, 0.15) is 13.8 Å². The molecule has 8 nitrogen and oxygen atoms in total. The molecule has 1 fully saturated rings. The highest BCUT2D eigenvalue weighted by atomic mass is 16.5. The number of carbonyl (C=O) groups excluding carboxylic acids is 3. The second-order valence-corrected chi connectivity index (χ2v) is 5.71. The molecule has 0 aliphatic carbocycles. The molecule has 24 heavy (non-hydrogen) atoms. The molecule has 0 spiro atoms. The maximum absolute atomic E-state index is 12.2. The van der Waals surface area contributed by atoms with Gasteiger partial charge < -0.3 is 20.1 Å². The molecule has 8 heteroatoms. The maximum Gasteiger partial charge on any atom is 0.325 e. The number of methoxy groups -OCH3 is 2. The van der Waals surface area contributed by atoms with Crippen LogP contribution in [0.5, 0.6) is 11.5 Å². The third-order valence-corrected chi connectivity index (χ3v) is 3.71. The number of nitrogens with one attached hydrogen (secondary N) is 2. The summed E-state index contributed by atoms with van der Waals surface area (Å²) < 4.78 is 10.3. The highest BCUT2D eigenvalue weighted by molar-refractivity contribution is 6.08. The van der Waals surface area contributed by atoms with Gasteiger partial charge in [0.1, 0.15) is 24.1 Å². The zero-order valence-corrected chi connectivity index (χ0v) is 14.1. The Morgan fingerprint density at radius 1 is 1.29 bits per heavy atom. The third kappa shape index (κ3) is 3.58. The molecule has 0 aromatic heterocycles. The largest absolute Gasteiger partial charge is 0.497 e. The average molecular weight is 335 g/mol. The molecule has 1 heterocycles. The molecule has 1 unspecified atom stereocenters. The Labute approximate surface area is 140 Å². The monoisotopic (exact) mass is 335 g/mol. The second-order valence-electron chi connectivity index (χ2n) is 5.71. The SMILES string of the molecule is COc1ccc(NC(=O)CN2C(=O)NC(C(C)C)C2=O)c(OC)c1. The molecular formula is C16H21N3O5. The first-order valence-electron chi connectivity index (χ1n) is 7.51. The molecule has 1 aliphatic rings. The van der Waals surface area contributed by atoms with Crippen LogP contribution < -0.4 is 20.1 Å². The van der Waals surface area contributed by atoms with Gasteiger partial charge in [0.2, 0.25) is 5.91 Å². The van der Waals surface area contributed by atoms with Crippen molar-refractivity contribution >= 4 is 23.5 Å². The van der Waals surface area contributed by atoms with E-state index in [2.05, 4.69) is 10.6 Å². The van der Waals surface area contributed by atoms with Gasteiger partial charge in [0.05, 0.1) is 19.9 Å². The molecule has 0 bridgehead atoms. The van der Waals surface area contributed by atoms with Gasteiger partial charge in [-0.1, -0.05) is 13.8 Å². The summed E-state index contributed by atoms with van der Waals surface area (Å²) in [6.45, 7) is 3.30. The summed E-state index contributed by atoms with van der Waals surface area (Å²) in [5.41, 5.74) is 0.427. The van der Waals surface area contributed by atoms with Gasteiger partial charge in [0.25, 0.3) is 5.91 Å².